The summed E-state index contributed by atoms with van der Waals surface area (Å²) >= 11 is 1.64. The third kappa shape index (κ3) is 88.1. The Kier molecular flexibility index (Phi) is 56.4. The van der Waals surface area contributed by atoms with E-state index in [-0.39, 0.29) is 65.3 Å². The number of hydrogen-bond donors (Lipinski definition) is 27. The van der Waals surface area contributed by atoms with Crippen molar-refractivity contribution in [3.05, 3.63) is 131 Å². The van der Waals surface area contributed by atoms with Crippen molar-refractivity contribution in [1.29, 1.82) is 0 Å². The van der Waals surface area contributed by atoms with Crippen molar-refractivity contribution < 1.29 is 225 Å². The van der Waals surface area contributed by atoms with E-state index in [1.165, 1.54) is 41.1 Å². The molecule has 4 aromatic carbocycles. The molecule has 0 aliphatic heterocycles. The summed E-state index contributed by atoms with van der Waals surface area (Å²) in [5.74, 6) is -0.654. The maximum Gasteiger partial charge on any atom is 0.425 e. The average Bonchev–Trinajstić information content (AvgIpc) is 1.63. The first kappa shape index (κ1) is 113. The normalized spacial score (nSPS) is 12.3. The molecule has 0 saturated heterocycles. The van der Waals surface area contributed by atoms with Crippen LogP contribution in [0.1, 0.15) is 48.4 Å². The average molecular weight is 1890 g/mol. The van der Waals surface area contributed by atoms with Crippen LogP contribution < -0.4 is 31.6 Å². The van der Waals surface area contributed by atoms with Crippen molar-refractivity contribution in [2.24, 2.45) is 0 Å². The Morgan fingerprint density at radius 1 is 0.368 bits per heavy atom. The van der Waals surface area contributed by atoms with Gasteiger partial charge in [-0.3, -0.25) is 59.3 Å². The minimum absolute atomic E-state index is 0. The number of aromatic nitrogens is 1. The topological polar surface area (TPSA) is 824 Å². The zero-order valence-corrected chi connectivity index (χ0v) is 69.7. The summed E-state index contributed by atoms with van der Waals surface area (Å²) in [6, 6.07) is 29.0. The molecule has 0 bridgehead atoms. The van der Waals surface area contributed by atoms with Crippen LogP contribution in [0.5, 0.6) is 5.75 Å². The number of hydrogen-bond acceptors (Lipinski definition) is 19. The second-order valence-corrected chi connectivity index (χ2v) is 44.8. The van der Waals surface area contributed by atoms with Crippen LogP contribution in [0.25, 0.3) is 10.2 Å². The predicted molar refractivity (Wildman–Crippen MR) is 379 cm³/mol. The third-order valence-electron chi connectivity index (χ3n) is 10.4. The highest BCUT2D eigenvalue weighted by Crippen LogP contribution is 2.52. The molecule has 0 aliphatic rings. The highest BCUT2D eigenvalue weighted by Gasteiger charge is 2.28. The largest absolute Gasteiger partial charge is 1.00 e. The Labute approximate surface area is 620 Å². The number of thiazole rings is 1. The van der Waals surface area contributed by atoms with Crippen LogP contribution in [0.2, 0.25) is 0 Å². The van der Waals surface area contributed by atoms with Crippen molar-refractivity contribution in [3.8, 4) is 5.75 Å². The lowest BCUT2D eigenvalue weighted by atomic mass is 10.1. The molecule has 0 saturated carbocycles. The number of fused-ring (bicyclic) bond motifs is 1. The summed E-state index contributed by atoms with van der Waals surface area (Å²) in [6.07, 6.45) is -3.79. The number of nitrogens with zero attached hydrogens (tertiary/aromatic N) is 1. The minimum atomic E-state index is -4.55. The molecule has 5 aromatic rings. The van der Waals surface area contributed by atoms with Crippen molar-refractivity contribution in [2.45, 2.75) is 57.4 Å². The van der Waals surface area contributed by atoms with Gasteiger partial charge < -0.3 is 154 Å². The monoisotopic (exact) mass is 1890 g/mol. The van der Waals surface area contributed by atoms with Crippen LogP contribution in [0.3, 0.4) is 0 Å². The first-order chi connectivity index (χ1) is 46.9. The summed E-state index contributed by atoms with van der Waals surface area (Å²) in [6.45, 7) is 4.00. The van der Waals surface area contributed by atoms with E-state index in [1.807, 2.05) is 59.5 Å². The molecule has 1 aromatic heterocycles. The van der Waals surface area contributed by atoms with E-state index in [0.717, 1.165) is 17.8 Å². The van der Waals surface area contributed by atoms with Gasteiger partial charge in [-0.2, -0.15) is 4.57 Å². The van der Waals surface area contributed by atoms with Crippen molar-refractivity contribution in [2.75, 3.05) is 68.7 Å². The summed E-state index contributed by atoms with van der Waals surface area (Å²) in [5, 5.41) is 2.81. The molecule has 0 aliphatic carbocycles. The Hall–Kier alpha value is -1.42. The quantitative estimate of drug-likeness (QED) is 0.0158. The van der Waals surface area contributed by atoms with Crippen LogP contribution in [0.4, 0.5) is 0 Å². The van der Waals surface area contributed by atoms with Gasteiger partial charge in [-0.25, -0.2) is 0 Å². The Bertz CT molecular complexity index is 3970. The molecular formula is C45H86BrN2O43P13S2. The van der Waals surface area contributed by atoms with E-state index in [0.29, 0.717) is 43.7 Å². The van der Waals surface area contributed by atoms with E-state index >= 15 is 0 Å². The number of benzene rings is 4. The summed E-state index contributed by atoms with van der Waals surface area (Å²) in [5.41, 5.74) is 4.51. The molecule has 27 N–H and O–H groups in total. The van der Waals surface area contributed by atoms with Crippen LogP contribution in [-0.4, -0.2) is 209 Å². The first-order valence-electron chi connectivity index (χ1n) is 28.1. The SMILES string of the molecule is CCNCCP(=O)(O)O.O=P(O)(O)CCCOc1ccccc1.O=P(O)(O)CCCP(=O)(O)O.O=P(O)(O)CCC[n+]1csc2ccccc21.O=P(O)(O)CCP(=O)(O)O.O=P(O)(O)CP(=O)(O)O.O=P(O)(O)Cc1ccc(CP(=O)(O)O)cc1.O=P(O)(O)Cc1ccccc1CP(=O)(O)O.O=S(=O)=O.[Br-]. The van der Waals surface area contributed by atoms with Crippen LogP contribution in [0.15, 0.2) is 109 Å². The molecule has 0 fully saturated rings. The maximum absolute atomic E-state index is 10.8. The smallest absolute Gasteiger partial charge is 0.425 e. The number of ether oxygens (including phenoxy) is 1. The Morgan fingerprint density at radius 3 is 0.991 bits per heavy atom. The van der Waals surface area contributed by atoms with E-state index < -0.39 is 152 Å². The van der Waals surface area contributed by atoms with Gasteiger partial charge in [-0.15, -0.1) is 12.6 Å². The first-order valence-corrected chi connectivity index (χ1v) is 53.4. The Balaban J connectivity index is -0.000000367. The van der Waals surface area contributed by atoms with Gasteiger partial charge in [0.05, 0.1) is 74.4 Å². The van der Waals surface area contributed by atoms with Gasteiger partial charge in [-0.05, 0) is 59.8 Å². The molecule has 0 unspecified atom stereocenters. The maximum atomic E-state index is 10.8. The third-order valence-corrected chi connectivity index (χ3v) is 23.7. The second kappa shape index (κ2) is 52.9. The summed E-state index contributed by atoms with van der Waals surface area (Å²) in [4.78, 5) is 219. The lowest BCUT2D eigenvalue weighted by Gasteiger charge is -2.11. The zero-order valence-electron chi connectivity index (χ0n) is 54.9. The predicted octanol–water partition coefficient (Wildman–Crippen LogP) is -0.380. The molecule has 5 rings (SSSR count). The van der Waals surface area contributed by atoms with Gasteiger partial charge in [0.25, 0.3) is 0 Å². The summed E-state index contributed by atoms with van der Waals surface area (Å²) in [7, 11) is -57.1. The highest BCUT2D eigenvalue weighted by atomic mass is 79.9. The van der Waals surface area contributed by atoms with E-state index in [2.05, 4.69) is 5.32 Å². The fourth-order valence-corrected chi connectivity index (χ4v) is 17.2. The van der Waals surface area contributed by atoms with Gasteiger partial charge >= 0.3 is 109 Å². The van der Waals surface area contributed by atoms with Gasteiger partial charge in [0.15, 0.2) is 12.4 Å². The van der Waals surface area contributed by atoms with Crippen molar-refractivity contribution in [3.63, 3.8) is 0 Å². The van der Waals surface area contributed by atoms with Crippen LogP contribution >= 0.6 is 110 Å². The van der Waals surface area contributed by atoms with E-state index in [9.17, 15) is 59.3 Å². The number of aryl methyl sites for hydroxylation is 1. The summed E-state index contributed by atoms with van der Waals surface area (Å²) < 4.78 is 168. The van der Waals surface area contributed by atoms with E-state index in [1.54, 1.807) is 35.6 Å². The zero-order chi connectivity index (χ0) is 83.0. The molecule has 0 atom stereocenters. The van der Waals surface area contributed by atoms with Gasteiger partial charge in [0.2, 0.25) is 11.0 Å². The lowest BCUT2D eigenvalue weighted by Crippen LogP contribution is -3.00. The minimum Gasteiger partial charge on any atom is -1.00 e. The molecule has 1 heterocycles. The van der Waals surface area contributed by atoms with Crippen molar-refractivity contribution in [1.82, 2.24) is 5.32 Å². The number of halogens is 1. The number of para-hydroxylation sites is 2. The van der Waals surface area contributed by atoms with E-state index in [4.69, 9.17) is 145 Å². The molecule has 45 nitrogen and oxygen atoms in total. The molecule has 106 heavy (non-hydrogen) atoms. The molecule has 618 valence electrons. The van der Waals surface area contributed by atoms with Gasteiger partial charge in [0.1, 0.15) is 10.4 Å². The van der Waals surface area contributed by atoms with Crippen LogP contribution in [0, 0.1) is 0 Å². The molecule has 0 radical (unpaired) electrons. The molecule has 0 amide bonds. The van der Waals surface area contributed by atoms with Crippen molar-refractivity contribution >= 4 is 131 Å². The molecule has 0 spiro atoms. The number of nitrogens with one attached hydrogen (secondary N) is 1. The molecular weight excluding hydrogens is 1800 g/mol. The number of rotatable bonds is 30. The Morgan fingerprint density at radius 2 is 0.679 bits per heavy atom. The fourth-order valence-electron chi connectivity index (χ4n) is 6.49. The van der Waals surface area contributed by atoms with Gasteiger partial charge in [-0.1, -0.05) is 97.1 Å². The van der Waals surface area contributed by atoms with Crippen LogP contribution in [-0.2, 0) is 101 Å². The fraction of sp³-hybridized carbons (Fsp3) is 0.444. The molecule has 61 heteroatoms. The second-order valence-electron chi connectivity index (χ2n) is 20.7. The van der Waals surface area contributed by atoms with Gasteiger partial charge in [0, 0.05) is 19.0 Å². The standard InChI is InChI=1S/C10H12NO3PS.C9H13O4P.2C8H12O6P2.C4H12NO3P.C3H10O6P2.C2H8O6P2.CH6O6P2.BrH.O3S/c12-15(13,14)7-3-6-11-8-16-10-5-2-1-4-9(10)11;10-14(11,12)8-4-7-13-9-5-2-1-3-6-9;9-15(10,11)5-7-1-2-8(4-3-7)6-16(12,13)14;9-15(10,11)5-7-3-1-2-4-8(7)6-16(12,13)14;1-2-5-3-4-9(6,7)8;4-10(5,6)2-1-3-11(7,8)9;3-9(4,5)1-2-10(6,7)8;2-8(3,4)1-9(5,6)7;;1-4(2)3/h1-2,4-5,8H,3,6-7H2,(H-,12,13,14);1-3,5-6H,4,7-8H2,(H2,10,11,12);2*1-4H,5-6H2,(H2,9,10,11)(H2,12,13,14);5H,2-4H2,1H3,(H2,6,7,8);1-3H2,(H2,4,5,6)(H2,7,8,9);1-2H2,(H2,3,4,5)(H2,6,7,8);1H2,(H2,2,3,4)(H2,5,6,7);1H;. The lowest BCUT2D eigenvalue weighted by molar-refractivity contribution is -0.667. The highest BCUT2D eigenvalue weighted by molar-refractivity contribution is 7.69.